The first-order chi connectivity index (χ1) is 26.9. The third kappa shape index (κ3) is 10.9. The minimum atomic E-state index is -1.12. The molecule has 1 aliphatic carbocycles. The number of hydrogen-bond acceptors (Lipinski definition) is 8. The minimum absolute atomic E-state index is 0.240. The highest BCUT2D eigenvalue weighted by atomic mass is 16.6. The van der Waals surface area contributed by atoms with Crippen LogP contribution in [0.3, 0.4) is 0 Å². The molecule has 5 rings (SSSR count). The van der Waals surface area contributed by atoms with E-state index in [0.717, 1.165) is 11.1 Å². The molecule has 1 saturated carbocycles. The summed E-state index contributed by atoms with van der Waals surface area (Å²) >= 11 is 0. The number of methoxy groups -OCH3 is 1. The number of esters is 1. The fraction of sp³-hybridized carbons (Fsp3) is 0.378. The number of alkyl carbamates (subject to hydrolysis) is 1. The van der Waals surface area contributed by atoms with E-state index in [1.807, 2.05) is 123 Å². The van der Waals surface area contributed by atoms with E-state index in [-0.39, 0.29) is 24.9 Å². The SMILES string of the molecule is CCCN(Cc1ccc(Oc2ccccc2)cc1)C(=O)C1C(NC(=O)OC(C)(C)C)C(C(=O)OC)C1C(=O)N(CCC)Cc1ccc(Oc2ccccc2)cc1. The van der Waals surface area contributed by atoms with Gasteiger partial charge in [0, 0.05) is 26.2 Å². The van der Waals surface area contributed by atoms with Gasteiger partial charge in [0.05, 0.1) is 30.9 Å². The summed E-state index contributed by atoms with van der Waals surface area (Å²) in [4.78, 5) is 59.6. The van der Waals surface area contributed by atoms with E-state index in [4.69, 9.17) is 18.9 Å². The number of carbonyl (C=O) groups excluding carboxylic acids is 4. The second-order valence-electron chi connectivity index (χ2n) is 14.9. The Hall–Kier alpha value is -5.84. The Morgan fingerprint density at radius 3 is 1.39 bits per heavy atom. The first kappa shape index (κ1) is 41.3. The molecule has 4 unspecified atom stereocenters. The summed E-state index contributed by atoms with van der Waals surface area (Å²) in [5.74, 6) is -1.98. The van der Waals surface area contributed by atoms with E-state index in [1.54, 1.807) is 30.6 Å². The van der Waals surface area contributed by atoms with Crippen LogP contribution in [0, 0.1) is 17.8 Å². The number of rotatable bonds is 16. The fourth-order valence-electron chi connectivity index (χ4n) is 6.93. The third-order valence-electron chi connectivity index (χ3n) is 9.44. The van der Waals surface area contributed by atoms with Crippen molar-refractivity contribution in [2.24, 2.45) is 17.8 Å². The zero-order valence-electron chi connectivity index (χ0n) is 33.1. The van der Waals surface area contributed by atoms with Crippen LogP contribution in [0.15, 0.2) is 109 Å². The van der Waals surface area contributed by atoms with Crippen LogP contribution in [-0.4, -0.2) is 65.5 Å². The molecule has 4 aromatic rings. The largest absolute Gasteiger partial charge is 0.469 e. The summed E-state index contributed by atoms with van der Waals surface area (Å²) in [6, 6.07) is 32.8. The van der Waals surface area contributed by atoms with Gasteiger partial charge in [-0.05, 0) is 93.3 Å². The maximum absolute atomic E-state index is 14.8. The number of ether oxygens (including phenoxy) is 4. The quantitative estimate of drug-likeness (QED) is 0.113. The van der Waals surface area contributed by atoms with Crippen molar-refractivity contribution < 1.29 is 38.1 Å². The Balaban J connectivity index is 1.42. The maximum Gasteiger partial charge on any atom is 0.407 e. The van der Waals surface area contributed by atoms with Gasteiger partial charge >= 0.3 is 12.1 Å². The van der Waals surface area contributed by atoms with E-state index in [2.05, 4.69) is 5.32 Å². The molecular formula is C45H53N3O8. The molecule has 0 spiro atoms. The second-order valence-corrected chi connectivity index (χ2v) is 14.9. The number of nitrogens with zero attached hydrogens (tertiary/aromatic N) is 2. The molecule has 4 atom stereocenters. The predicted molar refractivity (Wildman–Crippen MR) is 213 cm³/mol. The van der Waals surface area contributed by atoms with Crippen molar-refractivity contribution in [2.75, 3.05) is 20.2 Å². The fourth-order valence-corrected chi connectivity index (χ4v) is 6.93. The van der Waals surface area contributed by atoms with Crippen molar-refractivity contribution in [3.63, 3.8) is 0 Å². The molecule has 1 fully saturated rings. The van der Waals surface area contributed by atoms with Crippen molar-refractivity contribution in [3.8, 4) is 23.0 Å². The second kappa shape index (κ2) is 19.2. The number of benzene rings is 4. The van der Waals surface area contributed by atoms with Gasteiger partial charge in [0.1, 0.15) is 28.6 Å². The van der Waals surface area contributed by atoms with Gasteiger partial charge < -0.3 is 34.1 Å². The van der Waals surface area contributed by atoms with E-state index >= 15 is 0 Å². The van der Waals surface area contributed by atoms with E-state index in [1.165, 1.54) is 7.11 Å². The van der Waals surface area contributed by atoms with Gasteiger partial charge in [0.2, 0.25) is 11.8 Å². The molecule has 4 aromatic carbocycles. The van der Waals surface area contributed by atoms with Gasteiger partial charge in [-0.15, -0.1) is 0 Å². The number of carbonyl (C=O) groups is 4. The van der Waals surface area contributed by atoms with Gasteiger partial charge in [-0.2, -0.15) is 0 Å². The molecule has 11 nitrogen and oxygen atoms in total. The Bertz CT molecular complexity index is 1900. The Kier molecular flexibility index (Phi) is 14.1. The number of para-hydroxylation sites is 2. The first-order valence-corrected chi connectivity index (χ1v) is 19.2. The van der Waals surface area contributed by atoms with Crippen LogP contribution in [0.5, 0.6) is 23.0 Å². The highest BCUT2D eigenvalue weighted by Crippen LogP contribution is 2.45. The van der Waals surface area contributed by atoms with Crippen molar-refractivity contribution in [3.05, 3.63) is 120 Å². The topological polar surface area (TPSA) is 124 Å². The molecule has 1 N–H and O–H groups in total. The molecule has 0 radical (unpaired) electrons. The Morgan fingerprint density at radius 2 is 1.00 bits per heavy atom. The van der Waals surface area contributed by atoms with E-state index in [0.29, 0.717) is 48.9 Å². The summed E-state index contributed by atoms with van der Waals surface area (Å²) in [5.41, 5.74) is 0.857. The van der Waals surface area contributed by atoms with E-state index < -0.39 is 41.5 Å². The average molecular weight is 764 g/mol. The zero-order valence-corrected chi connectivity index (χ0v) is 33.1. The van der Waals surface area contributed by atoms with Gasteiger partial charge in [-0.1, -0.05) is 74.5 Å². The minimum Gasteiger partial charge on any atom is -0.469 e. The highest BCUT2D eigenvalue weighted by molar-refractivity contribution is 5.96. The van der Waals surface area contributed by atoms with Crippen molar-refractivity contribution >= 4 is 23.9 Å². The van der Waals surface area contributed by atoms with Crippen LogP contribution < -0.4 is 14.8 Å². The molecule has 296 valence electrons. The maximum atomic E-state index is 14.8. The highest BCUT2D eigenvalue weighted by Gasteiger charge is 2.63. The molecule has 0 bridgehead atoms. The molecule has 0 saturated heterocycles. The van der Waals surface area contributed by atoms with Crippen LogP contribution in [0.4, 0.5) is 4.79 Å². The van der Waals surface area contributed by atoms with Crippen LogP contribution in [-0.2, 0) is 36.9 Å². The molecule has 1 aliphatic rings. The van der Waals surface area contributed by atoms with E-state index in [9.17, 15) is 19.2 Å². The molecule has 0 aliphatic heterocycles. The lowest BCUT2D eigenvalue weighted by molar-refractivity contribution is -0.175. The summed E-state index contributed by atoms with van der Waals surface area (Å²) in [5, 5.41) is 2.78. The van der Waals surface area contributed by atoms with Crippen molar-refractivity contribution in [2.45, 2.75) is 72.2 Å². The Labute approximate surface area is 329 Å². The average Bonchev–Trinajstić information content (AvgIpc) is 3.17. The van der Waals surface area contributed by atoms with Gasteiger partial charge in [0.25, 0.3) is 0 Å². The lowest BCUT2D eigenvalue weighted by Crippen LogP contribution is -2.70. The van der Waals surface area contributed by atoms with Crippen LogP contribution >= 0.6 is 0 Å². The summed E-state index contributed by atoms with van der Waals surface area (Å²) in [6.45, 7) is 10.4. The smallest absolute Gasteiger partial charge is 0.407 e. The zero-order chi connectivity index (χ0) is 40.2. The lowest BCUT2D eigenvalue weighted by Gasteiger charge is -2.50. The standard InChI is InChI=1S/C45H53N3O8/c1-7-27-47(29-31-19-23-35(24-20-31)54-33-15-11-9-12-16-33)41(49)37-38(40(39(37)43(51)53-6)46-44(52)56-45(3,4)5)42(50)48(28-8-2)30-32-21-25-36(26-22-32)55-34-17-13-10-14-18-34/h9-26,37-40H,7-8,27-30H2,1-6H3,(H,46,52). The predicted octanol–water partition coefficient (Wildman–Crippen LogP) is 8.38. The van der Waals surface area contributed by atoms with Gasteiger partial charge in [0.15, 0.2) is 0 Å². The third-order valence-corrected chi connectivity index (χ3v) is 9.44. The number of amides is 3. The number of nitrogens with one attached hydrogen (secondary N) is 1. The Morgan fingerprint density at radius 1 is 0.589 bits per heavy atom. The molecule has 11 heteroatoms. The summed E-state index contributed by atoms with van der Waals surface area (Å²) < 4.78 is 22.7. The van der Waals surface area contributed by atoms with Gasteiger partial charge in [-0.3, -0.25) is 14.4 Å². The molecule has 0 aromatic heterocycles. The van der Waals surface area contributed by atoms with Crippen molar-refractivity contribution in [1.29, 1.82) is 0 Å². The van der Waals surface area contributed by atoms with Gasteiger partial charge in [-0.25, -0.2) is 4.79 Å². The normalized spacial score (nSPS) is 17.5. The first-order valence-electron chi connectivity index (χ1n) is 19.2. The molecule has 56 heavy (non-hydrogen) atoms. The summed E-state index contributed by atoms with van der Waals surface area (Å²) in [6.07, 6.45) is 0.489. The molecule has 3 amide bonds. The van der Waals surface area contributed by atoms with Crippen LogP contribution in [0.1, 0.15) is 58.6 Å². The number of hydrogen-bond donors (Lipinski definition) is 1. The monoisotopic (exact) mass is 763 g/mol. The lowest BCUT2D eigenvalue weighted by atomic mass is 9.59. The van der Waals surface area contributed by atoms with Crippen LogP contribution in [0.2, 0.25) is 0 Å². The summed E-state index contributed by atoms with van der Waals surface area (Å²) in [7, 11) is 1.24. The molecule has 0 heterocycles. The van der Waals surface area contributed by atoms with Crippen LogP contribution in [0.25, 0.3) is 0 Å². The molecular weight excluding hydrogens is 711 g/mol. The van der Waals surface area contributed by atoms with Crippen molar-refractivity contribution in [1.82, 2.24) is 15.1 Å².